The molecule has 0 bridgehead atoms. The summed E-state index contributed by atoms with van der Waals surface area (Å²) in [6, 6.07) is 13.1. The summed E-state index contributed by atoms with van der Waals surface area (Å²) in [6.45, 7) is 0.124. The van der Waals surface area contributed by atoms with Gasteiger partial charge in [0.2, 0.25) is 0 Å². The van der Waals surface area contributed by atoms with Crippen LogP contribution < -0.4 is 0 Å². The normalized spacial score (nSPS) is 23.8. The van der Waals surface area contributed by atoms with Crippen LogP contribution in [0.1, 0.15) is 40.7 Å². The van der Waals surface area contributed by atoms with Gasteiger partial charge in [0.1, 0.15) is 12.4 Å². The van der Waals surface area contributed by atoms with E-state index in [1.807, 2.05) is 18.2 Å². The Morgan fingerprint density at radius 2 is 1.86 bits per heavy atom. The third-order valence-electron chi connectivity index (χ3n) is 4.49. The number of carbonyl (C=O) groups excluding carboxylic acids is 1. The molecule has 0 amide bonds. The summed E-state index contributed by atoms with van der Waals surface area (Å²) in [5.41, 5.74) is 4.35. The number of benzene rings is 2. The van der Waals surface area contributed by atoms with E-state index in [1.54, 1.807) is 6.07 Å². The molecule has 1 aliphatic carbocycles. The summed E-state index contributed by atoms with van der Waals surface area (Å²) in [5.74, 6) is -0.143. The summed E-state index contributed by atoms with van der Waals surface area (Å²) >= 11 is 0. The molecule has 0 aromatic heterocycles. The third kappa shape index (κ3) is 2.09. The maximum Gasteiger partial charge on any atom is 0.159 e. The van der Waals surface area contributed by atoms with Gasteiger partial charge in [-0.15, -0.1) is 0 Å². The average molecular weight is 282 g/mol. The minimum atomic E-state index is -0.251. The van der Waals surface area contributed by atoms with Crippen LogP contribution in [0, 0.1) is 5.82 Å². The highest BCUT2D eigenvalue weighted by atomic mass is 19.1. The maximum atomic E-state index is 13.7. The van der Waals surface area contributed by atoms with E-state index in [9.17, 15) is 9.18 Å². The Morgan fingerprint density at radius 1 is 1.05 bits per heavy atom. The van der Waals surface area contributed by atoms with Crippen LogP contribution in [0.2, 0.25) is 0 Å². The first kappa shape index (κ1) is 12.7. The zero-order valence-corrected chi connectivity index (χ0v) is 11.5. The molecule has 4 rings (SSSR count). The molecule has 21 heavy (non-hydrogen) atoms. The van der Waals surface area contributed by atoms with E-state index in [0.29, 0.717) is 6.42 Å². The van der Waals surface area contributed by atoms with Crippen LogP contribution in [0.3, 0.4) is 0 Å². The fourth-order valence-electron chi connectivity index (χ4n) is 3.54. The Balaban J connectivity index is 1.93. The van der Waals surface area contributed by atoms with E-state index in [2.05, 4.69) is 12.1 Å². The van der Waals surface area contributed by atoms with Gasteiger partial charge in [-0.05, 0) is 40.8 Å². The van der Waals surface area contributed by atoms with E-state index < -0.39 is 0 Å². The van der Waals surface area contributed by atoms with Gasteiger partial charge in [0.05, 0.1) is 6.10 Å². The van der Waals surface area contributed by atoms with Gasteiger partial charge in [0.15, 0.2) is 5.78 Å². The smallest absolute Gasteiger partial charge is 0.159 e. The van der Waals surface area contributed by atoms with Crippen molar-refractivity contribution in [1.29, 1.82) is 0 Å². The van der Waals surface area contributed by atoms with Crippen LogP contribution in [0.25, 0.3) is 0 Å². The van der Waals surface area contributed by atoms with Crippen molar-refractivity contribution >= 4 is 5.78 Å². The number of hydrogen-bond donors (Lipinski definition) is 0. The van der Waals surface area contributed by atoms with Gasteiger partial charge in [-0.3, -0.25) is 4.79 Å². The second kappa shape index (κ2) is 4.78. The van der Waals surface area contributed by atoms with Crippen LogP contribution in [0.15, 0.2) is 42.5 Å². The van der Waals surface area contributed by atoms with Crippen LogP contribution >= 0.6 is 0 Å². The van der Waals surface area contributed by atoms with E-state index in [-0.39, 0.29) is 30.2 Å². The van der Waals surface area contributed by atoms with Crippen molar-refractivity contribution in [2.45, 2.75) is 24.9 Å². The lowest BCUT2D eigenvalue weighted by Crippen LogP contribution is -2.27. The van der Waals surface area contributed by atoms with Gasteiger partial charge in [-0.25, -0.2) is 4.39 Å². The number of hydrogen-bond acceptors (Lipinski definition) is 2. The van der Waals surface area contributed by atoms with Gasteiger partial charge in [-0.2, -0.15) is 0 Å². The second-order valence-corrected chi connectivity index (χ2v) is 5.80. The Morgan fingerprint density at radius 3 is 2.76 bits per heavy atom. The highest BCUT2D eigenvalue weighted by Crippen LogP contribution is 2.45. The number of ketones is 1. The van der Waals surface area contributed by atoms with Gasteiger partial charge < -0.3 is 4.74 Å². The predicted octanol–water partition coefficient (Wildman–Crippen LogP) is 3.54. The van der Waals surface area contributed by atoms with Crippen molar-refractivity contribution in [1.82, 2.24) is 0 Å². The lowest BCUT2D eigenvalue weighted by Gasteiger charge is -2.31. The molecule has 0 spiro atoms. The topological polar surface area (TPSA) is 26.3 Å². The molecule has 2 nitrogen and oxygen atoms in total. The quantitative estimate of drug-likeness (QED) is 0.738. The molecule has 1 aliphatic heterocycles. The molecule has 0 unspecified atom stereocenters. The van der Waals surface area contributed by atoms with Crippen molar-refractivity contribution in [2.75, 3.05) is 6.61 Å². The van der Waals surface area contributed by atoms with Gasteiger partial charge in [-0.1, -0.05) is 30.3 Å². The summed E-state index contributed by atoms with van der Waals surface area (Å²) in [5, 5.41) is 0. The number of halogens is 1. The van der Waals surface area contributed by atoms with Crippen molar-refractivity contribution in [3.05, 3.63) is 70.5 Å². The molecule has 0 saturated carbocycles. The first-order valence-corrected chi connectivity index (χ1v) is 7.22. The lowest BCUT2D eigenvalue weighted by atomic mass is 9.83. The van der Waals surface area contributed by atoms with Crippen molar-refractivity contribution in [3.63, 3.8) is 0 Å². The zero-order valence-electron chi connectivity index (χ0n) is 11.5. The molecular weight excluding hydrogens is 267 g/mol. The molecule has 3 heteroatoms. The number of carbonyl (C=O) groups is 1. The number of Topliss-reactive ketones (excluding diaryl/α,β-unsaturated/α-hetero) is 1. The molecule has 0 radical (unpaired) electrons. The van der Waals surface area contributed by atoms with Crippen LogP contribution in [0.5, 0.6) is 0 Å². The minimum absolute atomic E-state index is 0.00880. The molecule has 2 aliphatic rings. The molecule has 1 heterocycles. The minimum Gasteiger partial charge on any atom is -0.365 e. The number of fused-ring (bicyclic) bond motifs is 5. The van der Waals surface area contributed by atoms with Crippen LogP contribution in [-0.2, 0) is 16.0 Å². The fourth-order valence-corrected chi connectivity index (χ4v) is 3.54. The molecule has 106 valence electrons. The van der Waals surface area contributed by atoms with E-state index in [0.717, 1.165) is 23.1 Å². The van der Waals surface area contributed by atoms with Crippen molar-refractivity contribution in [3.8, 4) is 0 Å². The van der Waals surface area contributed by atoms with Crippen molar-refractivity contribution < 1.29 is 13.9 Å². The maximum absolute atomic E-state index is 13.7. The first-order chi connectivity index (χ1) is 10.2. The van der Waals surface area contributed by atoms with Gasteiger partial charge >= 0.3 is 0 Å². The number of rotatable bonds is 0. The Bertz CT molecular complexity index is 723. The molecule has 2 aromatic carbocycles. The highest BCUT2D eigenvalue weighted by Gasteiger charge is 2.37. The third-order valence-corrected chi connectivity index (χ3v) is 4.49. The second-order valence-electron chi connectivity index (χ2n) is 5.80. The van der Waals surface area contributed by atoms with Crippen LogP contribution in [-0.4, -0.2) is 12.4 Å². The molecule has 2 aromatic rings. The Hall–Kier alpha value is -2.00. The highest BCUT2D eigenvalue weighted by molar-refractivity contribution is 5.81. The summed E-state index contributed by atoms with van der Waals surface area (Å²) < 4.78 is 19.5. The fraction of sp³-hybridized carbons (Fsp3) is 0.278. The molecule has 1 saturated heterocycles. The van der Waals surface area contributed by atoms with E-state index >= 15 is 0 Å². The first-order valence-electron chi connectivity index (χ1n) is 7.22. The molecular formula is C18H15FO2. The SMILES string of the molecule is O=C1CO[C@H]2c3cc(F)ccc3Cc3ccccc3[C@H]2C1. The summed E-state index contributed by atoms with van der Waals surface area (Å²) in [7, 11) is 0. The number of ether oxygens (including phenoxy) is 1. The molecule has 1 fully saturated rings. The average Bonchev–Trinajstić information content (AvgIpc) is 2.62. The van der Waals surface area contributed by atoms with Gasteiger partial charge in [0, 0.05) is 12.3 Å². The largest absolute Gasteiger partial charge is 0.365 e. The standard InChI is InChI=1S/C18H15FO2/c19-13-6-5-12-7-11-3-1-2-4-15(11)17-9-14(20)10-21-18(17)16(12)8-13/h1-6,8,17-18H,7,9-10H2/t17-,18+/m1/s1. The molecule has 0 N–H and O–H groups in total. The summed E-state index contributed by atoms with van der Waals surface area (Å²) in [6.07, 6.45) is 1.01. The predicted molar refractivity (Wildman–Crippen MR) is 76.7 cm³/mol. The van der Waals surface area contributed by atoms with E-state index in [4.69, 9.17) is 4.74 Å². The van der Waals surface area contributed by atoms with Crippen molar-refractivity contribution in [2.24, 2.45) is 0 Å². The Labute approximate surface area is 122 Å². The molecule has 2 atom stereocenters. The Kier molecular flexibility index (Phi) is 2.89. The van der Waals surface area contributed by atoms with Crippen LogP contribution in [0.4, 0.5) is 4.39 Å². The van der Waals surface area contributed by atoms with Gasteiger partial charge in [0.25, 0.3) is 0 Å². The monoisotopic (exact) mass is 282 g/mol. The van der Waals surface area contributed by atoms with E-state index in [1.165, 1.54) is 11.6 Å². The lowest BCUT2D eigenvalue weighted by molar-refractivity contribution is -0.133. The summed E-state index contributed by atoms with van der Waals surface area (Å²) in [4.78, 5) is 11.8. The zero-order chi connectivity index (χ0) is 14.4.